The first kappa shape index (κ1) is 12.9. The van der Waals surface area contributed by atoms with E-state index in [4.69, 9.17) is 0 Å². The van der Waals surface area contributed by atoms with Crippen molar-refractivity contribution in [2.45, 2.75) is 39.4 Å². The maximum absolute atomic E-state index is 12.7. The molecule has 2 rings (SSSR count). The zero-order valence-electron chi connectivity index (χ0n) is 10.8. The van der Waals surface area contributed by atoms with E-state index in [1.807, 2.05) is 25.3 Å². The number of rotatable bonds is 0. The number of halogens is 3. The van der Waals surface area contributed by atoms with E-state index in [0.29, 0.717) is 11.0 Å². The Morgan fingerprint density at radius 1 is 1.11 bits per heavy atom. The lowest BCUT2D eigenvalue weighted by molar-refractivity contribution is -0.137. The molecule has 0 spiro atoms. The van der Waals surface area contributed by atoms with Gasteiger partial charge in [-0.05, 0) is 45.9 Å². The molecule has 0 bridgehead atoms. The summed E-state index contributed by atoms with van der Waals surface area (Å²) in [6, 6.07) is 3.66. The molecule has 0 amide bonds. The number of aromatic nitrogens is 2. The fourth-order valence-electron chi connectivity index (χ4n) is 2.22. The summed E-state index contributed by atoms with van der Waals surface area (Å²) in [5, 5.41) is 0. The minimum atomic E-state index is -4.32. The summed E-state index contributed by atoms with van der Waals surface area (Å²) < 4.78 is 40.0. The van der Waals surface area contributed by atoms with Crippen LogP contribution in [0.1, 0.15) is 32.2 Å². The van der Waals surface area contributed by atoms with Gasteiger partial charge in [-0.3, -0.25) is 0 Å². The van der Waals surface area contributed by atoms with Gasteiger partial charge in [0.2, 0.25) is 0 Å². The van der Waals surface area contributed by atoms with Crippen LogP contribution < -0.4 is 0 Å². The third kappa shape index (κ3) is 2.09. The number of fused-ring (bicyclic) bond motifs is 1. The third-order valence-corrected chi connectivity index (χ3v) is 2.82. The van der Waals surface area contributed by atoms with E-state index in [2.05, 4.69) is 4.98 Å². The monoisotopic (exact) mass is 256 g/mol. The normalized spacial score (nSPS) is 13.3. The van der Waals surface area contributed by atoms with Gasteiger partial charge < -0.3 is 4.57 Å². The van der Waals surface area contributed by atoms with Crippen LogP contribution in [0.2, 0.25) is 0 Å². The van der Waals surface area contributed by atoms with Gasteiger partial charge in [-0.1, -0.05) is 0 Å². The van der Waals surface area contributed by atoms with E-state index in [1.54, 1.807) is 6.92 Å². The topological polar surface area (TPSA) is 17.8 Å². The van der Waals surface area contributed by atoms with Gasteiger partial charge in [-0.2, -0.15) is 13.2 Å². The second-order valence-corrected chi connectivity index (χ2v) is 5.37. The molecule has 1 heterocycles. The van der Waals surface area contributed by atoms with Crippen LogP contribution >= 0.6 is 0 Å². The summed E-state index contributed by atoms with van der Waals surface area (Å²) in [4.78, 5) is 4.30. The molecule has 0 aliphatic carbocycles. The zero-order valence-corrected chi connectivity index (χ0v) is 10.8. The third-order valence-electron chi connectivity index (χ3n) is 2.82. The fraction of sp³-hybridized carbons (Fsp3) is 0.462. The van der Waals surface area contributed by atoms with Crippen LogP contribution in [0.15, 0.2) is 18.2 Å². The molecule has 5 heteroatoms. The van der Waals surface area contributed by atoms with Gasteiger partial charge >= 0.3 is 6.18 Å². The first-order chi connectivity index (χ1) is 8.10. The first-order valence-electron chi connectivity index (χ1n) is 5.67. The quantitative estimate of drug-likeness (QED) is 0.693. The summed E-state index contributed by atoms with van der Waals surface area (Å²) in [5.74, 6) is 0.719. The molecular weight excluding hydrogens is 241 g/mol. The minimum Gasteiger partial charge on any atom is -0.323 e. The standard InChI is InChI=1S/C13H15F3N2/c1-8-17-10-6-5-9(13(14,15)16)7-11(10)18(8)12(2,3)4/h5-7H,1-4H3. The summed E-state index contributed by atoms with van der Waals surface area (Å²) in [6.07, 6.45) is -4.32. The Balaban J connectivity index is 2.76. The summed E-state index contributed by atoms with van der Waals surface area (Å²) >= 11 is 0. The molecule has 0 atom stereocenters. The van der Waals surface area contributed by atoms with Crippen LogP contribution in [0.5, 0.6) is 0 Å². The van der Waals surface area contributed by atoms with Gasteiger partial charge in [0.15, 0.2) is 0 Å². The van der Waals surface area contributed by atoms with Crippen molar-refractivity contribution >= 4 is 11.0 Å². The average molecular weight is 256 g/mol. The van der Waals surface area contributed by atoms with Crippen molar-refractivity contribution in [2.24, 2.45) is 0 Å². The number of alkyl halides is 3. The van der Waals surface area contributed by atoms with Crippen LogP contribution in [-0.2, 0) is 11.7 Å². The molecule has 2 aromatic rings. The number of aryl methyl sites for hydroxylation is 1. The Kier molecular flexibility index (Phi) is 2.68. The van der Waals surface area contributed by atoms with E-state index in [0.717, 1.165) is 11.9 Å². The van der Waals surface area contributed by atoms with Crippen molar-refractivity contribution in [3.63, 3.8) is 0 Å². The van der Waals surface area contributed by atoms with Crippen molar-refractivity contribution in [3.8, 4) is 0 Å². The zero-order chi connectivity index (χ0) is 13.7. The summed E-state index contributed by atoms with van der Waals surface area (Å²) in [5.41, 5.74) is 0.175. The number of hydrogen-bond acceptors (Lipinski definition) is 1. The lowest BCUT2D eigenvalue weighted by atomic mass is 10.1. The van der Waals surface area contributed by atoms with E-state index in [-0.39, 0.29) is 5.54 Å². The molecule has 98 valence electrons. The van der Waals surface area contributed by atoms with Crippen LogP contribution in [0.3, 0.4) is 0 Å². The predicted octanol–water partition coefficient (Wildman–Crippen LogP) is 4.12. The van der Waals surface area contributed by atoms with Crippen LogP contribution in [0.4, 0.5) is 13.2 Å². The molecule has 0 fully saturated rings. The molecule has 0 saturated carbocycles. The molecule has 18 heavy (non-hydrogen) atoms. The maximum atomic E-state index is 12.7. The number of imidazole rings is 1. The molecule has 1 aromatic carbocycles. The van der Waals surface area contributed by atoms with Gasteiger partial charge in [0.25, 0.3) is 0 Å². The van der Waals surface area contributed by atoms with Crippen molar-refractivity contribution in [2.75, 3.05) is 0 Å². The Morgan fingerprint density at radius 3 is 2.22 bits per heavy atom. The van der Waals surface area contributed by atoms with Crippen molar-refractivity contribution in [1.29, 1.82) is 0 Å². The minimum absolute atomic E-state index is 0.303. The largest absolute Gasteiger partial charge is 0.416 e. The SMILES string of the molecule is Cc1nc2ccc(C(F)(F)F)cc2n1C(C)(C)C. The molecule has 1 aromatic heterocycles. The summed E-state index contributed by atoms with van der Waals surface area (Å²) in [6.45, 7) is 7.64. The molecule has 0 N–H and O–H groups in total. The van der Waals surface area contributed by atoms with Crippen molar-refractivity contribution < 1.29 is 13.2 Å². The molecule has 0 radical (unpaired) electrons. The molecule has 2 nitrogen and oxygen atoms in total. The highest BCUT2D eigenvalue weighted by molar-refractivity contribution is 5.77. The summed E-state index contributed by atoms with van der Waals surface area (Å²) in [7, 11) is 0. The van der Waals surface area contributed by atoms with Crippen LogP contribution in [-0.4, -0.2) is 9.55 Å². The number of nitrogens with zero attached hydrogens (tertiary/aromatic N) is 2. The van der Waals surface area contributed by atoms with E-state index in [1.165, 1.54) is 12.1 Å². The Hall–Kier alpha value is -1.52. The second-order valence-electron chi connectivity index (χ2n) is 5.37. The van der Waals surface area contributed by atoms with Crippen LogP contribution in [0, 0.1) is 6.92 Å². The molecule has 0 saturated heterocycles. The van der Waals surface area contributed by atoms with Gasteiger partial charge in [0.05, 0.1) is 16.6 Å². The first-order valence-corrected chi connectivity index (χ1v) is 5.67. The highest BCUT2D eigenvalue weighted by Gasteiger charge is 2.31. The highest BCUT2D eigenvalue weighted by Crippen LogP contribution is 2.33. The molecule has 0 unspecified atom stereocenters. The second kappa shape index (κ2) is 3.73. The Labute approximate surface area is 103 Å². The average Bonchev–Trinajstić information content (AvgIpc) is 2.49. The Bertz CT molecular complexity index is 589. The number of hydrogen-bond donors (Lipinski definition) is 0. The van der Waals surface area contributed by atoms with Crippen LogP contribution in [0.25, 0.3) is 11.0 Å². The fourth-order valence-corrected chi connectivity index (χ4v) is 2.22. The highest BCUT2D eigenvalue weighted by atomic mass is 19.4. The van der Waals surface area contributed by atoms with E-state index < -0.39 is 11.7 Å². The van der Waals surface area contributed by atoms with E-state index in [9.17, 15) is 13.2 Å². The molecule has 0 aliphatic heterocycles. The van der Waals surface area contributed by atoms with Gasteiger partial charge in [0.1, 0.15) is 5.82 Å². The van der Waals surface area contributed by atoms with Crippen molar-refractivity contribution in [1.82, 2.24) is 9.55 Å². The van der Waals surface area contributed by atoms with Crippen molar-refractivity contribution in [3.05, 3.63) is 29.6 Å². The smallest absolute Gasteiger partial charge is 0.323 e. The van der Waals surface area contributed by atoms with E-state index >= 15 is 0 Å². The van der Waals surface area contributed by atoms with Gasteiger partial charge in [-0.15, -0.1) is 0 Å². The maximum Gasteiger partial charge on any atom is 0.416 e. The lowest BCUT2D eigenvalue weighted by Crippen LogP contribution is -2.23. The van der Waals surface area contributed by atoms with Gasteiger partial charge in [-0.25, -0.2) is 4.98 Å². The molecule has 0 aliphatic rings. The molecular formula is C13H15F3N2. The van der Waals surface area contributed by atoms with Gasteiger partial charge in [0, 0.05) is 5.54 Å². The number of benzene rings is 1. The lowest BCUT2D eigenvalue weighted by Gasteiger charge is -2.24. The predicted molar refractivity (Wildman–Crippen MR) is 64.5 cm³/mol. The Morgan fingerprint density at radius 2 is 1.72 bits per heavy atom.